The topological polar surface area (TPSA) is 68.2 Å². The van der Waals surface area contributed by atoms with Crippen molar-refractivity contribution >= 4 is 0 Å². The second-order valence-corrected chi connectivity index (χ2v) is 7.58. The number of aliphatic hydroxyl groups is 2. The monoisotopic (exact) mass is 366 g/mol. The van der Waals surface area contributed by atoms with Crippen LogP contribution in [0.4, 0.5) is 0 Å². The van der Waals surface area contributed by atoms with Crippen LogP contribution in [0.2, 0.25) is 0 Å². The Morgan fingerprint density at radius 1 is 1.31 bits per heavy atom. The molecule has 1 aliphatic rings. The third-order valence-electron chi connectivity index (χ3n) is 5.77. The largest absolute Gasteiger partial charge is 0.497 e. The maximum atomic E-state index is 10.7. The molecular weight excluding hydrogens is 332 g/mol. The van der Waals surface area contributed by atoms with Gasteiger partial charge in [0.1, 0.15) is 5.75 Å². The summed E-state index contributed by atoms with van der Waals surface area (Å²) in [6.07, 6.45) is 2.69. The number of ether oxygens (including phenoxy) is 3. The summed E-state index contributed by atoms with van der Waals surface area (Å²) in [5.74, 6) is 0.821. The fourth-order valence-corrected chi connectivity index (χ4v) is 3.60. The molecule has 5 nitrogen and oxygen atoms in total. The van der Waals surface area contributed by atoms with Gasteiger partial charge >= 0.3 is 0 Å². The first kappa shape index (κ1) is 21.2. The summed E-state index contributed by atoms with van der Waals surface area (Å²) in [4.78, 5) is 0. The fourth-order valence-electron chi connectivity index (χ4n) is 3.60. The molecular formula is C21H34O5. The van der Waals surface area contributed by atoms with Crippen LogP contribution in [0.25, 0.3) is 0 Å². The lowest BCUT2D eigenvalue weighted by atomic mass is 9.84. The summed E-state index contributed by atoms with van der Waals surface area (Å²) in [5.41, 5.74) is -0.366. The van der Waals surface area contributed by atoms with Crippen molar-refractivity contribution in [3.8, 4) is 5.75 Å². The van der Waals surface area contributed by atoms with Crippen LogP contribution in [0.5, 0.6) is 5.75 Å². The van der Waals surface area contributed by atoms with Gasteiger partial charge in [0.2, 0.25) is 0 Å². The molecule has 1 aromatic rings. The van der Waals surface area contributed by atoms with Gasteiger partial charge in [-0.2, -0.15) is 0 Å². The molecule has 4 atom stereocenters. The summed E-state index contributed by atoms with van der Waals surface area (Å²) in [6, 6.07) is 7.83. The Morgan fingerprint density at radius 2 is 2.00 bits per heavy atom. The van der Waals surface area contributed by atoms with E-state index in [1.54, 1.807) is 14.0 Å². The molecule has 2 rings (SSSR count). The summed E-state index contributed by atoms with van der Waals surface area (Å²) < 4.78 is 17.4. The van der Waals surface area contributed by atoms with Crippen molar-refractivity contribution in [3.05, 3.63) is 29.8 Å². The van der Waals surface area contributed by atoms with E-state index in [0.29, 0.717) is 25.9 Å². The van der Waals surface area contributed by atoms with E-state index in [0.717, 1.165) is 30.8 Å². The molecule has 1 saturated heterocycles. The first-order chi connectivity index (χ1) is 12.3. The number of rotatable bonds is 10. The second kappa shape index (κ2) is 9.18. The van der Waals surface area contributed by atoms with Crippen molar-refractivity contribution in [2.45, 2.75) is 82.9 Å². The van der Waals surface area contributed by atoms with Gasteiger partial charge in [-0.25, -0.2) is 0 Å². The van der Waals surface area contributed by atoms with Crippen molar-refractivity contribution in [3.63, 3.8) is 0 Å². The minimum absolute atomic E-state index is 0.135. The molecule has 0 saturated carbocycles. The Labute approximate surface area is 157 Å². The average molecular weight is 366 g/mol. The van der Waals surface area contributed by atoms with Crippen molar-refractivity contribution in [2.24, 2.45) is 0 Å². The number of methoxy groups -OCH3 is 1. The first-order valence-electron chi connectivity index (χ1n) is 9.62. The zero-order valence-electron chi connectivity index (χ0n) is 16.5. The third kappa shape index (κ3) is 5.19. The fraction of sp³-hybridized carbons (Fsp3) is 0.714. The Bertz CT molecular complexity index is 536. The first-order valence-corrected chi connectivity index (χ1v) is 9.62. The van der Waals surface area contributed by atoms with E-state index < -0.39 is 11.7 Å². The highest BCUT2D eigenvalue weighted by atomic mass is 16.6. The van der Waals surface area contributed by atoms with E-state index >= 15 is 0 Å². The number of hydrogen-bond acceptors (Lipinski definition) is 5. The molecule has 0 amide bonds. The van der Waals surface area contributed by atoms with Crippen molar-refractivity contribution in [2.75, 3.05) is 13.7 Å². The average Bonchev–Trinajstić information content (AvgIpc) is 3.09. The maximum absolute atomic E-state index is 10.7. The normalized spacial score (nSPS) is 24.8. The van der Waals surface area contributed by atoms with Crippen molar-refractivity contribution in [1.29, 1.82) is 0 Å². The molecule has 1 aromatic carbocycles. The van der Waals surface area contributed by atoms with Crippen LogP contribution in [0.3, 0.4) is 0 Å². The second-order valence-electron chi connectivity index (χ2n) is 7.58. The van der Waals surface area contributed by atoms with Crippen LogP contribution in [-0.4, -0.2) is 47.3 Å². The Kier molecular flexibility index (Phi) is 7.47. The SMILES string of the molecule is CC[C@](O)(CC[C@H](OCc1ccc(OC)cc1)[C@@]1(C)CCCO1)[C@H](C)O. The number of benzene rings is 1. The van der Waals surface area contributed by atoms with Crippen LogP contribution in [0.1, 0.15) is 58.4 Å². The lowest BCUT2D eigenvalue weighted by Gasteiger charge is -2.37. The van der Waals surface area contributed by atoms with Gasteiger partial charge in [-0.1, -0.05) is 19.1 Å². The van der Waals surface area contributed by atoms with Gasteiger partial charge < -0.3 is 24.4 Å². The third-order valence-corrected chi connectivity index (χ3v) is 5.77. The highest BCUT2D eigenvalue weighted by Crippen LogP contribution is 2.35. The van der Waals surface area contributed by atoms with Crippen LogP contribution in [-0.2, 0) is 16.1 Å². The molecule has 1 aliphatic heterocycles. The van der Waals surface area contributed by atoms with Crippen LogP contribution >= 0.6 is 0 Å². The van der Waals surface area contributed by atoms with Gasteiger partial charge in [0.15, 0.2) is 0 Å². The minimum Gasteiger partial charge on any atom is -0.497 e. The van der Waals surface area contributed by atoms with E-state index in [4.69, 9.17) is 14.2 Å². The molecule has 0 unspecified atom stereocenters. The number of hydrogen-bond donors (Lipinski definition) is 2. The summed E-state index contributed by atoms with van der Waals surface area (Å²) in [6.45, 7) is 6.85. The molecule has 5 heteroatoms. The molecule has 2 N–H and O–H groups in total. The zero-order valence-corrected chi connectivity index (χ0v) is 16.5. The molecule has 148 valence electrons. The summed E-state index contributed by atoms with van der Waals surface area (Å²) in [7, 11) is 1.65. The van der Waals surface area contributed by atoms with Crippen molar-refractivity contribution in [1.82, 2.24) is 0 Å². The molecule has 0 aromatic heterocycles. The molecule has 0 radical (unpaired) electrons. The van der Waals surface area contributed by atoms with Crippen molar-refractivity contribution < 1.29 is 24.4 Å². The predicted octanol–water partition coefficient (Wildman–Crippen LogP) is 3.45. The lowest BCUT2D eigenvalue weighted by molar-refractivity contribution is -0.134. The summed E-state index contributed by atoms with van der Waals surface area (Å²) >= 11 is 0. The van der Waals surface area contributed by atoms with Gasteiger partial charge in [-0.3, -0.25) is 0 Å². The Hall–Kier alpha value is -1.14. The van der Waals surface area contributed by atoms with Gasteiger partial charge in [-0.05, 0) is 63.6 Å². The quantitative estimate of drug-likeness (QED) is 0.664. The Balaban J connectivity index is 2.03. The van der Waals surface area contributed by atoms with Gasteiger partial charge in [0.05, 0.1) is 37.1 Å². The minimum atomic E-state index is -1.09. The maximum Gasteiger partial charge on any atom is 0.118 e. The molecule has 0 aliphatic carbocycles. The summed E-state index contributed by atoms with van der Waals surface area (Å²) in [5, 5.41) is 20.6. The molecule has 1 heterocycles. The molecule has 1 fully saturated rings. The number of aliphatic hydroxyl groups excluding tert-OH is 1. The Morgan fingerprint density at radius 3 is 2.50 bits per heavy atom. The molecule has 0 bridgehead atoms. The standard InChI is InChI=1S/C21H34O5/c1-5-21(23,16(2)22)13-11-19(20(3)12-6-14-26-20)25-15-17-7-9-18(24-4)10-8-17/h7-10,16,19,22-23H,5-6,11-15H2,1-4H3/t16-,19-,20+,21-/m0/s1. The van der Waals surface area contributed by atoms with E-state index in [1.165, 1.54) is 0 Å². The van der Waals surface area contributed by atoms with Crippen LogP contribution in [0.15, 0.2) is 24.3 Å². The van der Waals surface area contributed by atoms with Gasteiger partial charge in [-0.15, -0.1) is 0 Å². The molecule has 0 spiro atoms. The van der Waals surface area contributed by atoms with Gasteiger partial charge in [0.25, 0.3) is 0 Å². The predicted molar refractivity (Wildman–Crippen MR) is 101 cm³/mol. The van der Waals surface area contributed by atoms with Crippen LogP contribution in [0, 0.1) is 0 Å². The lowest BCUT2D eigenvalue weighted by Crippen LogP contribution is -2.45. The van der Waals surface area contributed by atoms with Crippen LogP contribution < -0.4 is 4.74 Å². The van der Waals surface area contributed by atoms with E-state index in [9.17, 15) is 10.2 Å². The smallest absolute Gasteiger partial charge is 0.118 e. The van der Waals surface area contributed by atoms with E-state index in [1.807, 2.05) is 31.2 Å². The highest BCUT2D eigenvalue weighted by Gasteiger charge is 2.41. The van der Waals surface area contributed by atoms with E-state index in [-0.39, 0.29) is 11.7 Å². The molecule has 26 heavy (non-hydrogen) atoms. The van der Waals surface area contributed by atoms with Gasteiger partial charge in [0, 0.05) is 6.61 Å². The highest BCUT2D eigenvalue weighted by molar-refractivity contribution is 5.26. The zero-order chi connectivity index (χ0) is 19.2. The van der Waals surface area contributed by atoms with E-state index in [2.05, 4.69) is 6.92 Å².